The standard InChI is InChI=1S/C35H62N4O6S.2C29H50N4O6S.2C5H6O3.C4H4O4/c1-5-6-7-8-9-10-11-12-13-14-15-16-17-18-19-20-25-43-31(40)21-22-32(41)45-30(28-36-35(2,3)4)29-44-34-33(37-46-38-34)39-23-26-42-27-24-39;2*1-5-6-7-8-9-10-11-12-13-14-19-37-25(34)15-16-26(35)39-24(22-30-29(2,3)4)23-38-28-27(31-40-32-28)33-17-20-36-21-18-33;2*1-4(6)2-3-5(7)8;5-3(6)1-2-4(7)8/h21-22,30,36H,5-20,23-29H2,1-4H3;2*15-16,24,30H,5-14,17-23H2,1-4H3;2*2-3H,1H3,(H,7,8);1-2H,(H,5,6)(H,7,8)/b22-21+;16-15+;16-15-;2*3-2-;2-1-/t30-;2*24-;;;/m000.../s1. The first-order chi connectivity index (χ1) is 71.7. The molecule has 7 N–H and O–H groups in total. The Balaban J connectivity index is 0.00000101. The van der Waals surface area contributed by atoms with Crippen LogP contribution >= 0.6 is 35.2 Å². The van der Waals surface area contributed by atoms with Crippen LogP contribution in [0.5, 0.6) is 17.6 Å². The third-order valence-corrected chi connectivity index (χ3v) is 23.5. The minimum Gasteiger partial charge on any atom is -0.478 e. The highest BCUT2D eigenvalue weighted by Gasteiger charge is 2.29. The van der Waals surface area contributed by atoms with Crippen LogP contribution in [0.1, 0.15) is 328 Å². The number of allylic oxidation sites excluding steroid dienone is 2. The molecule has 0 unspecified atom stereocenters. The van der Waals surface area contributed by atoms with Gasteiger partial charge in [0.2, 0.25) is 17.5 Å². The van der Waals surface area contributed by atoms with E-state index < -0.39 is 78.0 Å². The number of esters is 6. The molecule has 0 aromatic carbocycles. The lowest BCUT2D eigenvalue weighted by Crippen LogP contribution is -2.44. The Morgan fingerprint density at radius 3 is 0.673 bits per heavy atom. The maximum Gasteiger partial charge on any atom is 0.331 e. The number of rotatable bonds is 72. The minimum atomic E-state index is -1.26. The number of ketones is 2. The van der Waals surface area contributed by atoms with E-state index in [-0.39, 0.29) is 48.0 Å². The number of unbranched alkanes of at least 4 members (excludes halogenated alkanes) is 33. The lowest BCUT2D eigenvalue weighted by atomic mass is 10.0. The fourth-order valence-electron chi connectivity index (χ4n) is 13.9. The summed E-state index contributed by atoms with van der Waals surface area (Å²) in [7, 11) is 0. The Morgan fingerprint density at radius 1 is 0.293 bits per heavy atom. The average molecular weight is 2180 g/mol. The maximum atomic E-state index is 12.5. The zero-order chi connectivity index (χ0) is 111. The van der Waals surface area contributed by atoms with Crippen molar-refractivity contribution < 1.29 is 135 Å². The van der Waals surface area contributed by atoms with Crippen LogP contribution in [0.4, 0.5) is 17.5 Å². The molecule has 6 heterocycles. The first-order valence-corrected chi connectivity index (χ1v) is 55.6. The second-order valence-electron chi connectivity index (χ2n) is 39.2. The number of hydrogen-bond donors (Lipinski definition) is 7. The highest BCUT2D eigenvalue weighted by atomic mass is 32.1. The monoisotopic (exact) mass is 2180 g/mol. The van der Waals surface area contributed by atoms with E-state index in [0.29, 0.717) is 166 Å². The first-order valence-electron chi connectivity index (χ1n) is 53.5. The molecule has 40 nitrogen and oxygen atoms in total. The lowest BCUT2D eigenvalue weighted by molar-refractivity contribution is -0.145. The molecule has 0 spiro atoms. The summed E-state index contributed by atoms with van der Waals surface area (Å²) in [5.74, 6) is -5.49. The molecule has 6 rings (SSSR count). The van der Waals surface area contributed by atoms with Crippen LogP contribution in [-0.4, -0.2) is 291 Å². The summed E-state index contributed by atoms with van der Waals surface area (Å²) in [6.45, 7) is 38.1. The molecule has 3 saturated heterocycles. The van der Waals surface area contributed by atoms with Gasteiger partial charge in [-0.2, -0.15) is 13.1 Å². The van der Waals surface area contributed by atoms with Gasteiger partial charge in [-0.1, -0.05) is 233 Å². The number of carboxylic acids is 4. The van der Waals surface area contributed by atoms with Crippen molar-refractivity contribution in [2.24, 2.45) is 0 Å². The van der Waals surface area contributed by atoms with Gasteiger partial charge in [0.1, 0.15) is 38.1 Å². The Kier molecular flexibility index (Phi) is 81.0. The van der Waals surface area contributed by atoms with E-state index in [4.69, 9.17) is 77.3 Å². The van der Waals surface area contributed by atoms with Gasteiger partial charge in [0, 0.05) is 136 Å². The Bertz CT molecular complexity index is 4060. The van der Waals surface area contributed by atoms with Gasteiger partial charge in [-0.25, -0.2) is 47.9 Å². The fourth-order valence-corrected chi connectivity index (χ4v) is 15.5. The largest absolute Gasteiger partial charge is 0.478 e. The number of aliphatic carboxylic acids is 4. The van der Waals surface area contributed by atoms with Crippen LogP contribution in [0, 0.1) is 0 Å². The average Bonchev–Trinajstić information content (AvgIpc) is 1.72. The van der Waals surface area contributed by atoms with Crippen molar-refractivity contribution in [2.45, 2.75) is 363 Å². The van der Waals surface area contributed by atoms with Gasteiger partial charge in [0.15, 0.2) is 11.6 Å². The van der Waals surface area contributed by atoms with Crippen molar-refractivity contribution in [3.8, 4) is 17.6 Å². The number of nitrogens with one attached hydrogen (secondary N) is 3. The Hall–Kier alpha value is -10.3. The smallest absolute Gasteiger partial charge is 0.331 e. The zero-order valence-corrected chi connectivity index (χ0v) is 94.3. The molecule has 43 heteroatoms. The van der Waals surface area contributed by atoms with Crippen LogP contribution in [-0.2, 0) is 100 Å². The minimum absolute atomic E-state index is 0.0919. The molecule has 3 aromatic rings. The highest BCUT2D eigenvalue weighted by Crippen LogP contribution is 2.30. The van der Waals surface area contributed by atoms with E-state index in [1.807, 2.05) is 62.3 Å². The summed E-state index contributed by atoms with van der Waals surface area (Å²) in [6, 6.07) is 0. The molecule has 0 bridgehead atoms. The SMILES string of the molecule is CC(=O)/C=C\C(=O)O.CC(=O)/C=C\C(=O)O.CCCCCCCCCCCCCCCCCCOC(=O)/C=C/C(=O)O[C@@H](CNC(C)(C)C)COc1nsnc1N1CCOCC1.CCCCCCCCCCCCOC(=O)/C=C/C(=O)O[C@@H](CNC(C)(C)C)COc1nsnc1N1CCOCC1.CCCCCCCCCCCCOC(=O)/C=C\C(=O)O[C@@H](CNC(C)(C)C)COc1nsnc1N1CCOCC1.O=C(O)/C=C\C(=O)O. The van der Waals surface area contributed by atoms with E-state index in [0.717, 1.165) is 154 Å². The molecule has 3 atom stereocenters. The molecule has 852 valence electrons. The third-order valence-electron chi connectivity index (χ3n) is 22.0. The lowest BCUT2D eigenvalue weighted by Gasteiger charge is -2.27. The van der Waals surface area contributed by atoms with E-state index in [1.54, 1.807) is 0 Å². The fraction of sp³-hybridized carbons (Fsp3) is 0.720. The van der Waals surface area contributed by atoms with E-state index in [2.05, 4.69) is 77.7 Å². The number of ether oxygens (including phenoxy) is 12. The summed E-state index contributed by atoms with van der Waals surface area (Å²) >= 11 is 3.23. The predicted molar refractivity (Wildman–Crippen MR) is 581 cm³/mol. The van der Waals surface area contributed by atoms with Gasteiger partial charge in [0.25, 0.3) is 17.6 Å². The number of carboxylic acid groups (broad SMARTS) is 4. The van der Waals surface area contributed by atoms with Crippen molar-refractivity contribution >= 4 is 124 Å². The molecule has 3 fully saturated rings. The summed E-state index contributed by atoms with van der Waals surface area (Å²) in [5, 5.41) is 41.5. The molecule has 0 radical (unpaired) electrons. The van der Waals surface area contributed by atoms with Gasteiger partial charge < -0.3 is 108 Å². The molecule has 3 aliphatic rings. The van der Waals surface area contributed by atoms with E-state index in [1.165, 1.54) is 187 Å². The summed E-state index contributed by atoms with van der Waals surface area (Å²) in [4.78, 5) is 138. The molecule has 0 saturated carbocycles. The number of hydrogen-bond acceptors (Lipinski definition) is 39. The topological polar surface area (TPSA) is 520 Å². The van der Waals surface area contributed by atoms with Crippen molar-refractivity contribution in [3.05, 3.63) is 72.9 Å². The number of morpholine rings is 3. The Labute approximate surface area is 902 Å². The number of carbonyl (C=O) groups is 12. The van der Waals surface area contributed by atoms with Gasteiger partial charge in [-0.15, -0.1) is 13.1 Å². The molecule has 3 aromatic heterocycles. The van der Waals surface area contributed by atoms with Crippen molar-refractivity contribution in [1.82, 2.24) is 42.2 Å². The van der Waals surface area contributed by atoms with E-state index in [9.17, 15) is 57.5 Å². The van der Waals surface area contributed by atoms with Crippen LogP contribution in [0.3, 0.4) is 0 Å². The first kappa shape index (κ1) is 138. The van der Waals surface area contributed by atoms with Gasteiger partial charge in [0.05, 0.1) is 94.6 Å². The Morgan fingerprint density at radius 2 is 0.487 bits per heavy atom. The number of anilines is 3. The second-order valence-corrected chi connectivity index (χ2v) is 40.8. The van der Waals surface area contributed by atoms with Crippen LogP contribution in [0.2, 0.25) is 0 Å². The summed E-state index contributed by atoms with van der Waals surface area (Å²) in [5.41, 5.74) is -0.543. The normalized spacial score (nSPS) is 13.9. The number of carbonyl (C=O) groups excluding carboxylic acids is 8. The second kappa shape index (κ2) is 88.2. The van der Waals surface area contributed by atoms with Crippen LogP contribution in [0.25, 0.3) is 0 Å². The van der Waals surface area contributed by atoms with Crippen LogP contribution in [0.15, 0.2) is 72.9 Å². The molecule has 0 aliphatic carbocycles. The van der Waals surface area contributed by atoms with E-state index >= 15 is 0 Å². The third kappa shape index (κ3) is 83.4. The number of aromatic nitrogens is 6. The summed E-state index contributed by atoms with van der Waals surface area (Å²) < 4.78 is 92.5. The van der Waals surface area contributed by atoms with Crippen LogP contribution < -0.4 is 44.9 Å². The molecule has 0 amide bonds. The molecule has 3 aliphatic heterocycles. The molecule has 150 heavy (non-hydrogen) atoms. The van der Waals surface area contributed by atoms with Crippen molar-refractivity contribution in [2.75, 3.05) is 153 Å². The van der Waals surface area contributed by atoms with Gasteiger partial charge >= 0.3 is 59.7 Å². The molecular formula is C107H178N12O28S3. The predicted octanol–water partition coefficient (Wildman–Crippen LogP) is 17.7. The van der Waals surface area contributed by atoms with Gasteiger partial charge in [-0.05, 0) is 108 Å². The quantitative estimate of drug-likeness (QED) is 0.0119. The summed E-state index contributed by atoms with van der Waals surface area (Å²) in [6.07, 6.45) is 54.6. The van der Waals surface area contributed by atoms with Gasteiger partial charge in [-0.3, -0.25) is 9.59 Å². The van der Waals surface area contributed by atoms with Crippen molar-refractivity contribution in [1.29, 1.82) is 0 Å². The molecular weight excluding hydrogens is 2000 g/mol. The maximum absolute atomic E-state index is 12.5. The zero-order valence-electron chi connectivity index (χ0n) is 91.8. The number of nitrogens with zero attached hydrogens (tertiary/aromatic N) is 9. The highest BCUT2D eigenvalue weighted by molar-refractivity contribution is 7.00. The van der Waals surface area contributed by atoms with Crippen molar-refractivity contribution in [3.63, 3.8) is 0 Å².